The molecule has 0 N–H and O–H groups in total. The van der Waals surface area contributed by atoms with Crippen LogP contribution in [0.25, 0.3) is 6.08 Å². The Balaban J connectivity index is 1.49. The van der Waals surface area contributed by atoms with Crippen molar-refractivity contribution in [3.05, 3.63) is 48.6 Å². The van der Waals surface area contributed by atoms with E-state index in [9.17, 15) is 14.4 Å². The third-order valence-electron chi connectivity index (χ3n) is 10.5. The minimum Gasteiger partial charge on any atom is -0.459 e. The number of allylic oxidation sites excluding steroid dienone is 1. The monoisotopic (exact) mass is 535 g/mol. The molecule has 3 aliphatic rings. The molecule has 0 aliphatic heterocycles. The summed E-state index contributed by atoms with van der Waals surface area (Å²) in [6, 6.07) is 7.75. The average Bonchev–Trinajstić information content (AvgIpc) is 3.26. The Hall–Kier alpha value is -2.89. The highest BCUT2D eigenvalue weighted by Crippen LogP contribution is 2.67. The molecule has 7 atom stereocenters. The fourth-order valence-corrected chi connectivity index (χ4v) is 7.95. The molecule has 0 spiro atoms. The lowest BCUT2D eigenvalue weighted by molar-refractivity contribution is -0.195. The Morgan fingerprint density at radius 2 is 1.77 bits per heavy atom. The molecule has 0 saturated heterocycles. The highest BCUT2D eigenvalue weighted by atomic mass is 16.6. The molecule has 1 aromatic rings. The highest BCUT2D eigenvalue weighted by Gasteiger charge is 2.66. The lowest BCUT2D eigenvalue weighted by Gasteiger charge is -2.60. The topological polar surface area (TPSA) is 72.9 Å². The van der Waals surface area contributed by atoms with Crippen molar-refractivity contribution in [3.63, 3.8) is 0 Å². The van der Waals surface area contributed by atoms with Gasteiger partial charge in [0.05, 0.1) is 0 Å². The summed E-state index contributed by atoms with van der Waals surface area (Å²) in [6.45, 7) is 12.5. The Kier molecular flexibility index (Phi) is 8.16. The van der Waals surface area contributed by atoms with E-state index in [4.69, 9.17) is 9.47 Å². The molecular formula is C33H45NO5. The molecule has 3 aliphatic carbocycles. The van der Waals surface area contributed by atoms with Crippen molar-refractivity contribution in [1.29, 1.82) is 0 Å². The second-order valence-electron chi connectivity index (χ2n) is 13.0. The summed E-state index contributed by atoms with van der Waals surface area (Å²) in [4.78, 5) is 40.9. The molecule has 2 bridgehead atoms. The standard InChI is InChI=1S/C33H45NO5/c1-8-31(4)19-23(3)33-17-15-22(2)32(5,30(33)26(35)16-18-33)27(20-31)39-29(37)21-38-28(36)14-11-24-9-12-25(13-10-24)34(6)7/h8-14,22-23,27,30H,1,15-21H2,2-7H3/b14-11+/t22-,23+,27-,30+,31+,32+,33+/m1/s1. The first-order valence-corrected chi connectivity index (χ1v) is 14.3. The van der Waals surface area contributed by atoms with Gasteiger partial charge < -0.3 is 14.4 Å². The maximum absolute atomic E-state index is 13.5. The van der Waals surface area contributed by atoms with E-state index in [1.807, 2.05) is 49.3 Å². The molecule has 3 saturated carbocycles. The molecule has 212 valence electrons. The number of ketones is 1. The number of carbonyl (C=O) groups excluding carboxylic acids is 3. The number of benzene rings is 1. The van der Waals surface area contributed by atoms with Crippen molar-refractivity contribution in [3.8, 4) is 0 Å². The first-order chi connectivity index (χ1) is 18.3. The number of anilines is 1. The smallest absolute Gasteiger partial charge is 0.344 e. The van der Waals surface area contributed by atoms with E-state index >= 15 is 0 Å². The molecule has 1 aromatic carbocycles. The van der Waals surface area contributed by atoms with Crippen LogP contribution in [0.5, 0.6) is 0 Å². The summed E-state index contributed by atoms with van der Waals surface area (Å²) in [5, 5.41) is 0. The van der Waals surface area contributed by atoms with Crippen LogP contribution in [0.3, 0.4) is 0 Å². The molecule has 39 heavy (non-hydrogen) atoms. The highest BCUT2D eigenvalue weighted by molar-refractivity contribution is 5.89. The quantitative estimate of drug-likeness (QED) is 0.234. The Morgan fingerprint density at radius 1 is 1.08 bits per heavy atom. The fourth-order valence-electron chi connectivity index (χ4n) is 7.95. The fraction of sp³-hybridized carbons (Fsp3) is 0.606. The van der Waals surface area contributed by atoms with Gasteiger partial charge in [-0.3, -0.25) is 4.79 Å². The van der Waals surface area contributed by atoms with Crippen molar-refractivity contribution in [2.24, 2.45) is 34.0 Å². The number of esters is 2. The summed E-state index contributed by atoms with van der Waals surface area (Å²) in [5.74, 6) is -0.387. The van der Waals surface area contributed by atoms with Gasteiger partial charge in [-0.15, -0.1) is 6.58 Å². The van der Waals surface area contributed by atoms with Gasteiger partial charge in [0, 0.05) is 43.6 Å². The molecule has 3 fully saturated rings. The second-order valence-corrected chi connectivity index (χ2v) is 13.0. The zero-order chi connectivity index (χ0) is 28.6. The summed E-state index contributed by atoms with van der Waals surface area (Å²) in [6.07, 6.45) is 9.59. The maximum atomic E-state index is 13.5. The molecule has 6 nitrogen and oxygen atoms in total. The van der Waals surface area contributed by atoms with Crippen LogP contribution in [0.2, 0.25) is 0 Å². The van der Waals surface area contributed by atoms with Gasteiger partial charge >= 0.3 is 11.9 Å². The van der Waals surface area contributed by atoms with Crippen molar-refractivity contribution in [1.82, 2.24) is 0 Å². The first kappa shape index (κ1) is 29.1. The molecule has 0 aromatic heterocycles. The molecular weight excluding hydrogens is 490 g/mol. The van der Waals surface area contributed by atoms with Crippen LogP contribution in [-0.4, -0.2) is 44.5 Å². The van der Waals surface area contributed by atoms with Gasteiger partial charge in [-0.1, -0.05) is 45.9 Å². The van der Waals surface area contributed by atoms with Crippen LogP contribution in [0.15, 0.2) is 43.0 Å². The lowest BCUT2D eigenvalue weighted by Crippen LogP contribution is -2.60. The van der Waals surface area contributed by atoms with Crippen LogP contribution >= 0.6 is 0 Å². The van der Waals surface area contributed by atoms with E-state index < -0.39 is 30.1 Å². The third-order valence-corrected chi connectivity index (χ3v) is 10.5. The van der Waals surface area contributed by atoms with Crippen molar-refractivity contribution in [2.45, 2.75) is 72.3 Å². The van der Waals surface area contributed by atoms with Gasteiger partial charge in [0.25, 0.3) is 0 Å². The van der Waals surface area contributed by atoms with E-state index in [0.717, 1.165) is 36.9 Å². The van der Waals surface area contributed by atoms with Crippen LogP contribution in [0, 0.1) is 34.0 Å². The molecule has 6 heteroatoms. The van der Waals surface area contributed by atoms with Crippen LogP contribution in [0.1, 0.15) is 71.8 Å². The van der Waals surface area contributed by atoms with E-state index in [1.165, 1.54) is 6.08 Å². The minimum absolute atomic E-state index is 0.0598. The van der Waals surface area contributed by atoms with E-state index in [1.54, 1.807) is 6.08 Å². The van der Waals surface area contributed by atoms with Gasteiger partial charge in [0.1, 0.15) is 11.9 Å². The second kappa shape index (κ2) is 10.9. The number of rotatable bonds is 7. The van der Waals surface area contributed by atoms with Crippen LogP contribution < -0.4 is 4.90 Å². The average molecular weight is 536 g/mol. The zero-order valence-corrected chi connectivity index (χ0v) is 24.5. The molecule has 0 unspecified atom stereocenters. The molecule has 4 rings (SSSR count). The molecule has 0 radical (unpaired) electrons. The minimum atomic E-state index is -0.603. The number of Topliss-reactive ketones (excluding diaryl/α,β-unsaturated/α-hetero) is 1. The van der Waals surface area contributed by atoms with Crippen LogP contribution in [-0.2, 0) is 23.9 Å². The van der Waals surface area contributed by atoms with Crippen molar-refractivity contribution < 1.29 is 23.9 Å². The zero-order valence-electron chi connectivity index (χ0n) is 24.5. The predicted molar refractivity (Wildman–Crippen MR) is 154 cm³/mol. The van der Waals surface area contributed by atoms with Gasteiger partial charge in [-0.05, 0) is 78.5 Å². The van der Waals surface area contributed by atoms with Gasteiger partial charge in [-0.2, -0.15) is 0 Å². The number of hydrogen-bond acceptors (Lipinski definition) is 6. The van der Waals surface area contributed by atoms with E-state index in [2.05, 4.69) is 34.3 Å². The van der Waals surface area contributed by atoms with Gasteiger partial charge in [-0.25, -0.2) is 9.59 Å². The number of ether oxygens (including phenoxy) is 2. The molecule has 0 amide bonds. The van der Waals surface area contributed by atoms with Crippen molar-refractivity contribution in [2.75, 3.05) is 25.6 Å². The predicted octanol–water partition coefficient (Wildman–Crippen LogP) is 6.24. The summed E-state index contributed by atoms with van der Waals surface area (Å²) in [7, 11) is 3.93. The SMILES string of the molecule is C=C[C@@]1(C)C[C@H](C)[C@]23CCC(=O)[C@H]2[C@@](C)([C@H](C)CC3)[C@H](OC(=O)COC(=O)/C=C/c2ccc(N(C)C)cc2)C1. The summed E-state index contributed by atoms with van der Waals surface area (Å²) < 4.78 is 11.4. The number of nitrogens with zero attached hydrogens (tertiary/aromatic N) is 1. The summed E-state index contributed by atoms with van der Waals surface area (Å²) in [5.41, 5.74) is 1.15. The normalized spacial score (nSPS) is 36.0. The van der Waals surface area contributed by atoms with Gasteiger partial charge in [0.15, 0.2) is 6.61 Å². The largest absolute Gasteiger partial charge is 0.459 e. The first-order valence-electron chi connectivity index (χ1n) is 14.3. The molecule has 0 heterocycles. The number of hydrogen-bond donors (Lipinski definition) is 0. The number of carbonyl (C=O) groups is 3. The third kappa shape index (κ3) is 5.44. The summed E-state index contributed by atoms with van der Waals surface area (Å²) >= 11 is 0. The Morgan fingerprint density at radius 3 is 2.41 bits per heavy atom. The van der Waals surface area contributed by atoms with Crippen LogP contribution in [0.4, 0.5) is 5.69 Å². The Labute approximate surface area is 233 Å². The van der Waals surface area contributed by atoms with E-state index in [-0.39, 0.29) is 22.7 Å². The van der Waals surface area contributed by atoms with Gasteiger partial charge in [0.2, 0.25) is 0 Å². The Bertz CT molecular complexity index is 1140. The lowest BCUT2D eigenvalue weighted by atomic mass is 9.44. The van der Waals surface area contributed by atoms with Crippen molar-refractivity contribution >= 4 is 29.5 Å². The van der Waals surface area contributed by atoms with E-state index in [0.29, 0.717) is 24.5 Å². The maximum Gasteiger partial charge on any atom is 0.344 e.